The van der Waals surface area contributed by atoms with E-state index in [0.29, 0.717) is 6.54 Å². The molecule has 0 spiro atoms. The van der Waals surface area contributed by atoms with E-state index in [1.54, 1.807) is 6.33 Å². The van der Waals surface area contributed by atoms with Gasteiger partial charge in [0.2, 0.25) is 5.91 Å². The number of hydrogen-bond donors (Lipinski definition) is 1. The van der Waals surface area contributed by atoms with Gasteiger partial charge in [-0.25, -0.2) is 9.97 Å². The number of likely N-dealkylation sites (tertiary alicyclic amines) is 1. The van der Waals surface area contributed by atoms with Crippen molar-refractivity contribution in [3.05, 3.63) is 18.1 Å². The summed E-state index contributed by atoms with van der Waals surface area (Å²) in [5, 5.41) is 3.02. The van der Waals surface area contributed by atoms with Gasteiger partial charge in [0.05, 0.1) is 31.4 Å². The van der Waals surface area contributed by atoms with Crippen LogP contribution in [0.2, 0.25) is 0 Å². The van der Waals surface area contributed by atoms with Crippen LogP contribution in [-0.4, -0.2) is 67.2 Å². The molecule has 2 saturated heterocycles. The average Bonchev–Trinajstić information content (AvgIpc) is 2.61. The Kier molecular flexibility index (Phi) is 5.40. The summed E-state index contributed by atoms with van der Waals surface area (Å²) in [6.45, 7) is 5.52. The predicted molar refractivity (Wildman–Crippen MR) is 87.1 cm³/mol. The lowest BCUT2D eigenvalue weighted by Gasteiger charge is -2.29. The zero-order valence-corrected chi connectivity index (χ0v) is 13.7. The van der Waals surface area contributed by atoms with Crippen molar-refractivity contribution in [2.45, 2.75) is 19.4 Å². The molecule has 2 fully saturated rings. The first kappa shape index (κ1) is 16.1. The number of nitrogens with zero attached hydrogens (tertiary/aromatic N) is 4. The lowest BCUT2D eigenvalue weighted by molar-refractivity contribution is -0.126. The van der Waals surface area contributed by atoms with Crippen LogP contribution >= 0.6 is 0 Å². The molecule has 1 atom stereocenters. The van der Waals surface area contributed by atoms with Crippen LogP contribution in [-0.2, 0) is 16.1 Å². The van der Waals surface area contributed by atoms with Gasteiger partial charge in [-0.2, -0.15) is 0 Å². The largest absolute Gasteiger partial charge is 0.378 e. The zero-order valence-electron chi connectivity index (χ0n) is 13.7. The van der Waals surface area contributed by atoms with Crippen LogP contribution in [0.5, 0.6) is 0 Å². The number of rotatable bonds is 4. The number of anilines is 1. The van der Waals surface area contributed by atoms with Crippen LogP contribution in [0.1, 0.15) is 18.5 Å². The first-order valence-corrected chi connectivity index (χ1v) is 8.32. The van der Waals surface area contributed by atoms with Gasteiger partial charge < -0.3 is 19.9 Å². The lowest BCUT2D eigenvalue weighted by Crippen LogP contribution is -2.41. The highest BCUT2D eigenvalue weighted by molar-refractivity contribution is 5.78. The summed E-state index contributed by atoms with van der Waals surface area (Å²) >= 11 is 0. The Morgan fingerprint density at radius 1 is 1.35 bits per heavy atom. The second kappa shape index (κ2) is 7.70. The molecule has 0 saturated carbocycles. The summed E-state index contributed by atoms with van der Waals surface area (Å²) < 4.78 is 5.36. The second-order valence-corrected chi connectivity index (χ2v) is 6.29. The van der Waals surface area contributed by atoms with Crippen LogP contribution in [0.4, 0.5) is 5.82 Å². The van der Waals surface area contributed by atoms with Crippen molar-refractivity contribution in [3.8, 4) is 0 Å². The smallest absolute Gasteiger partial charge is 0.224 e. The number of morpholine rings is 1. The third-order valence-electron chi connectivity index (χ3n) is 4.48. The third-order valence-corrected chi connectivity index (χ3v) is 4.48. The fourth-order valence-corrected chi connectivity index (χ4v) is 3.15. The molecular formula is C16H25N5O2. The van der Waals surface area contributed by atoms with Gasteiger partial charge >= 0.3 is 0 Å². The minimum atomic E-state index is 0.0919. The molecule has 0 aliphatic carbocycles. The molecule has 2 aliphatic heterocycles. The Morgan fingerprint density at radius 3 is 2.96 bits per heavy atom. The van der Waals surface area contributed by atoms with E-state index in [1.165, 1.54) is 0 Å². The molecule has 3 heterocycles. The molecule has 3 rings (SSSR count). The van der Waals surface area contributed by atoms with Crippen molar-refractivity contribution in [2.75, 3.05) is 51.3 Å². The van der Waals surface area contributed by atoms with Crippen molar-refractivity contribution in [3.63, 3.8) is 0 Å². The van der Waals surface area contributed by atoms with Gasteiger partial charge in [-0.3, -0.25) is 4.79 Å². The Bertz CT molecular complexity index is 533. The maximum absolute atomic E-state index is 12.3. The molecule has 7 heteroatoms. The van der Waals surface area contributed by atoms with Gasteiger partial charge in [-0.05, 0) is 26.4 Å². The SMILES string of the molecule is CN1CCC[C@@H](C(=O)NCc2cc(N3CCOCC3)ncn2)C1. The highest BCUT2D eigenvalue weighted by atomic mass is 16.5. The standard InChI is InChI=1S/C16H25N5O2/c1-20-4-2-3-13(11-20)16(22)17-10-14-9-15(19-12-18-14)21-5-7-23-8-6-21/h9,12-13H,2-8,10-11H2,1H3,(H,17,22)/t13-/m1/s1. The van der Waals surface area contributed by atoms with Gasteiger partial charge in [0.25, 0.3) is 0 Å². The summed E-state index contributed by atoms with van der Waals surface area (Å²) in [5.74, 6) is 1.13. The number of aromatic nitrogens is 2. The summed E-state index contributed by atoms with van der Waals surface area (Å²) in [7, 11) is 2.07. The summed E-state index contributed by atoms with van der Waals surface area (Å²) in [5.41, 5.74) is 0.846. The van der Waals surface area contributed by atoms with E-state index in [4.69, 9.17) is 4.74 Å². The van der Waals surface area contributed by atoms with Crippen molar-refractivity contribution in [2.24, 2.45) is 5.92 Å². The predicted octanol–water partition coefficient (Wildman–Crippen LogP) is 0.271. The minimum absolute atomic E-state index is 0.0919. The molecular weight excluding hydrogens is 294 g/mol. The molecule has 1 N–H and O–H groups in total. The molecule has 1 aromatic rings. The third kappa shape index (κ3) is 4.39. The number of carbonyl (C=O) groups is 1. The second-order valence-electron chi connectivity index (χ2n) is 6.29. The topological polar surface area (TPSA) is 70.6 Å². The lowest BCUT2D eigenvalue weighted by atomic mass is 9.97. The van der Waals surface area contributed by atoms with E-state index in [1.807, 2.05) is 6.07 Å². The molecule has 0 aromatic carbocycles. The molecule has 126 valence electrons. The molecule has 23 heavy (non-hydrogen) atoms. The quantitative estimate of drug-likeness (QED) is 0.859. The average molecular weight is 319 g/mol. The Balaban J connectivity index is 1.54. The van der Waals surface area contributed by atoms with Gasteiger partial charge in [-0.15, -0.1) is 0 Å². The Morgan fingerprint density at radius 2 is 2.17 bits per heavy atom. The molecule has 7 nitrogen and oxygen atoms in total. The van der Waals surface area contributed by atoms with Crippen LogP contribution in [0.25, 0.3) is 0 Å². The highest BCUT2D eigenvalue weighted by Crippen LogP contribution is 2.16. The maximum atomic E-state index is 12.3. The van der Waals surface area contributed by atoms with E-state index in [2.05, 4.69) is 32.1 Å². The molecule has 0 unspecified atom stereocenters. The van der Waals surface area contributed by atoms with Gasteiger partial charge in [0.1, 0.15) is 12.1 Å². The van der Waals surface area contributed by atoms with Gasteiger partial charge in [0, 0.05) is 25.7 Å². The van der Waals surface area contributed by atoms with Crippen molar-refractivity contribution >= 4 is 11.7 Å². The molecule has 1 aromatic heterocycles. The number of amides is 1. The van der Waals surface area contributed by atoms with Crippen LogP contribution < -0.4 is 10.2 Å². The normalized spacial score (nSPS) is 22.8. The maximum Gasteiger partial charge on any atom is 0.224 e. The molecule has 0 bridgehead atoms. The number of nitrogens with one attached hydrogen (secondary N) is 1. The number of carbonyl (C=O) groups excluding carboxylic acids is 1. The van der Waals surface area contributed by atoms with E-state index < -0.39 is 0 Å². The van der Waals surface area contributed by atoms with Crippen LogP contribution in [0.15, 0.2) is 12.4 Å². The number of piperidine rings is 1. The van der Waals surface area contributed by atoms with Crippen LogP contribution in [0.3, 0.4) is 0 Å². The summed E-state index contributed by atoms with van der Waals surface area (Å²) in [4.78, 5) is 25.3. The monoisotopic (exact) mass is 319 g/mol. The number of hydrogen-bond acceptors (Lipinski definition) is 6. The minimum Gasteiger partial charge on any atom is -0.378 e. The Hall–Kier alpha value is -1.73. The van der Waals surface area contributed by atoms with Gasteiger partial charge in [-0.1, -0.05) is 0 Å². The van der Waals surface area contributed by atoms with E-state index in [9.17, 15) is 4.79 Å². The highest BCUT2D eigenvalue weighted by Gasteiger charge is 2.23. The molecule has 0 radical (unpaired) electrons. The number of ether oxygens (including phenoxy) is 1. The summed E-state index contributed by atoms with van der Waals surface area (Å²) in [6.07, 6.45) is 3.63. The zero-order chi connectivity index (χ0) is 16.1. The van der Waals surface area contributed by atoms with Crippen molar-refractivity contribution < 1.29 is 9.53 Å². The van der Waals surface area contributed by atoms with E-state index in [0.717, 1.165) is 63.7 Å². The first-order chi connectivity index (χ1) is 11.2. The van der Waals surface area contributed by atoms with Crippen molar-refractivity contribution in [1.29, 1.82) is 0 Å². The first-order valence-electron chi connectivity index (χ1n) is 8.32. The van der Waals surface area contributed by atoms with E-state index >= 15 is 0 Å². The van der Waals surface area contributed by atoms with Crippen molar-refractivity contribution in [1.82, 2.24) is 20.2 Å². The summed E-state index contributed by atoms with van der Waals surface area (Å²) in [6, 6.07) is 1.96. The fraction of sp³-hybridized carbons (Fsp3) is 0.688. The van der Waals surface area contributed by atoms with Crippen LogP contribution in [0, 0.1) is 5.92 Å². The van der Waals surface area contributed by atoms with E-state index in [-0.39, 0.29) is 11.8 Å². The fourth-order valence-electron chi connectivity index (χ4n) is 3.15. The molecule has 2 aliphatic rings. The molecule has 1 amide bonds. The van der Waals surface area contributed by atoms with Gasteiger partial charge in [0.15, 0.2) is 0 Å². The Labute approximate surface area is 137 Å².